The molecule has 0 aliphatic carbocycles. The van der Waals surface area contributed by atoms with E-state index in [2.05, 4.69) is 0 Å². The van der Waals surface area contributed by atoms with Gasteiger partial charge in [-0.3, -0.25) is 0 Å². The third kappa shape index (κ3) is 4.11. The van der Waals surface area contributed by atoms with E-state index in [0.29, 0.717) is 20.1 Å². The molecule has 0 aromatic heterocycles. The van der Waals surface area contributed by atoms with Crippen LogP contribution in [0.4, 0.5) is 0 Å². The maximum absolute atomic E-state index is 6.04. The minimum Gasteiger partial charge on any atom is -0.237 e. The van der Waals surface area contributed by atoms with Crippen molar-refractivity contribution >= 4 is 70.5 Å². The average molecular weight is 372 g/mol. The van der Waals surface area contributed by atoms with E-state index in [1.165, 1.54) is 0 Å². The lowest BCUT2D eigenvalue weighted by Crippen LogP contribution is -1.78. The summed E-state index contributed by atoms with van der Waals surface area (Å²) in [6, 6.07) is 10.7. The van der Waals surface area contributed by atoms with Crippen molar-refractivity contribution in [2.75, 3.05) is 0 Å². The van der Waals surface area contributed by atoms with Gasteiger partial charge in [0.2, 0.25) is 0 Å². The normalized spacial score (nSPS) is 10.7. The lowest BCUT2D eigenvalue weighted by Gasteiger charge is -2.06. The molecule has 0 saturated carbocycles. The summed E-state index contributed by atoms with van der Waals surface area (Å²) >= 11 is 26.1. The van der Waals surface area contributed by atoms with Crippen molar-refractivity contribution in [2.45, 2.75) is 9.79 Å². The van der Waals surface area contributed by atoms with Gasteiger partial charge in [0.1, 0.15) is 0 Å². The molecule has 2 aromatic carbocycles. The summed E-state index contributed by atoms with van der Waals surface area (Å²) in [7, 11) is 0. The van der Waals surface area contributed by atoms with E-state index >= 15 is 0 Å². The van der Waals surface area contributed by atoms with Gasteiger partial charge in [-0.15, -0.1) is 0 Å². The summed E-state index contributed by atoms with van der Waals surface area (Å²) in [4.78, 5) is 1.47. The summed E-state index contributed by atoms with van der Waals surface area (Å²) in [5, 5.41) is 1.90. The van der Waals surface area contributed by atoms with Gasteiger partial charge in [-0.1, -0.05) is 58.5 Å². The molecule has 19 heavy (non-hydrogen) atoms. The smallest absolute Gasteiger partial charge is 0.0751 e. The van der Waals surface area contributed by atoms with E-state index < -0.39 is 0 Å². The summed E-state index contributed by atoms with van der Waals surface area (Å²) in [6.07, 6.45) is 0. The molecule has 0 bridgehead atoms. The highest BCUT2D eigenvalue weighted by Gasteiger charge is 2.09. The number of rotatable bonds is 4. The van der Waals surface area contributed by atoms with Crippen LogP contribution in [-0.2, 0) is 3.63 Å². The van der Waals surface area contributed by atoms with E-state index in [0.717, 1.165) is 33.9 Å². The molecule has 2 rings (SSSR count). The maximum atomic E-state index is 6.04. The summed E-state index contributed by atoms with van der Waals surface area (Å²) in [5.74, 6) is 0. The largest absolute Gasteiger partial charge is 0.237 e. The van der Waals surface area contributed by atoms with Crippen molar-refractivity contribution in [1.29, 1.82) is 0 Å². The lowest BCUT2D eigenvalue weighted by atomic mass is 10.4. The molecule has 7 heteroatoms. The highest BCUT2D eigenvalue weighted by atomic mass is 35.5. The van der Waals surface area contributed by atoms with Gasteiger partial charge < -0.3 is 0 Å². The van der Waals surface area contributed by atoms with Gasteiger partial charge in [0.05, 0.1) is 29.9 Å². The standard InChI is InChI=1S/C12H6Cl4OS2/c13-7-3-1-5-9(11(7)15)18-17-19-10-6-2-4-8(14)12(10)16/h1-6H. The molecule has 2 aromatic rings. The van der Waals surface area contributed by atoms with Crippen LogP contribution in [0, 0.1) is 0 Å². The zero-order valence-electron chi connectivity index (χ0n) is 9.20. The third-order valence-corrected chi connectivity index (χ3v) is 5.53. The van der Waals surface area contributed by atoms with Gasteiger partial charge in [0.25, 0.3) is 0 Å². The Labute approximate surface area is 139 Å². The Morgan fingerprint density at radius 1 is 0.684 bits per heavy atom. The second-order valence-corrected chi connectivity index (χ2v) is 6.67. The van der Waals surface area contributed by atoms with Crippen molar-refractivity contribution in [3.8, 4) is 0 Å². The van der Waals surface area contributed by atoms with Crippen LogP contribution in [0.1, 0.15) is 0 Å². The molecule has 0 N–H and O–H groups in total. The number of hydrogen-bond acceptors (Lipinski definition) is 3. The Morgan fingerprint density at radius 3 is 1.53 bits per heavy atom. The second-order valence-electron chi connectivity index (χ2n) is 3.34. The second kappa shape index (κ2) is 7.32. The first kappa shape index (κ1) is 15.6. The molecule has 0 radical (unpaired) electrons. The summed E-state index contributed by atoms with van der Waals surface area (Å²) in [6.45, 7) is 0. The van der Waals surface area contributed by atoms with Crippen molar-refractivity contribution in [2.24, 2.45) is 0 Å². The Bertz CT molecular complexity index is 540. The quantitative estimate of drug-likeness (QED) is 0.533. The Morgan fingerprint density at radius 2 is 1.11 bits per heavy atom. The number of hydrogen-bond donors (Lipinski definition) is 0. The fraction of sp³-hybridized carbons (Fsp3) is 0. The Hall–Kier alpha value is 0.260. The van der Waals surface area contributed by atoms with Gasteiger partial charge >= 0.3 is 0 Å². The molecule has 0 spiro atoms. The van der Waals surface area contributed by atoms with Gasteiger partial charge in [0.15, 0.2) is 0 Å². The fourth-order valence-corrected chi connectivity index (χ4v) is 3.45. The van der Waals surface area contributed by atoms with Crippen LogP contribution in [0.15, 0.2) is 46.2 Å². The Kier molecular flexibility index (Phi) is 6.03. The van der Waals surface area contributed by atoms with Gasteiger partial charge in [-0.05, 0) is 24.3 Å². The van der Waals surface area contributed by atoms with Crippen molar-refractivity contribution < 1.29 is 3.63 Å². The molecular weight excluding hydrogens is 366 g/mol. The van der Waals surface area contributed by atoms with Crippen LogP contribution < -0.4 is 0 Å². The van der Waals surface area contributed by atoms with E-state index in [-0.39, 0.29) is 0 Å². The fourth-order valence-electron chi connectivity index (χ4n) is 1.19. The highest BCUT2D eigenvalue weighted by molar-refractivity contribution is 8.08. The van der Waals surface area contributed by atoms with Crippen molar-refractivity contribution in [1.82, 2.24) is 0 Å². The molecule has 0 unspecified atom stereocenters. The summed E-state index contributed by atoms with van der Waals surface area (Å²) < 4.78 is 5.42. The number of benzene rings is 2. The van der Waals surface area contributed by atoms with E-state index in [1.54, 1.807) is 24.3 Å². The Balaban J connectivity index is 2.00. The first-order chi connectivity index (χ1) is 9.09. The van der Waals surface area contributed by atoms with Gasteiger partial charge in [0, 0.05) is 24.1 Å². The third-order valence-electron chi connectivity index (χ3n) is 2.08. The lowest BCUT2D eigenvalue weighted by molar-refractivity contribution is 0.757. The van der Waals surface area contributed by atoms with Gasteiger partial charge in [-0.2, -0.15) is 0 Å². The number of halogens is 4. The van der Waals surface area contributed by atoms with Crippen LogP contribution in [0.5, 0.6) is 0 Å². The average Bonchev–Trinajstić information content (AvgIpc) is 2.39. The van der Waals surface area contributed by atoms with Crippen LogP contribution >= 0.6 is 70.5 Å². The molecule has 0 heterocycles. The molecular formula is C12H6Cl4OS2. The van der Waals surface area contributed by atoms with Crippen LogP contribution in [0.2, 0.25) is 20.1 Å². The molecule has 0 aliphatic rings. The molecule has 0 fully saturated rings. The molecule has 100 valence electrons. The topological polar surface area (TPSA) is 9.23 Å². The molecule has 0 atom stereocenters. The van der Waals surface area contributed by atoms with E-state index in [9.17, 15) is 0 Å². The first-order valence-electron chi connectivity index (χ1n) is 4.99. The molecule has 1 nitrogen and oxygen atoms in total. The van der Waals surface area contributed by atoms with Crippen LogP contribution in [0.3, 0.4) is 0 Å². The highest BCUT2D eigenvalue weighted by Crippen LogP contribution is 2.39. The predicted octanol–water partition coefficient (Wildman–Crippen LogP) is 7.03. The molecule has 0 amide bonds. The van der Waals surface area contributed by atoms with Crippen molar-refractivity contribution in [3.63, 3.8) is 0 Å². The van der Waals surface area contributed by atoms with Crippen LogP contribution in [0.25, 0.3) is 0 Å². The predicted molar refractivity (Wildman–Crippen MR) is 85.7 cm³/mol. The van der Waals surface area contributed by atoms with Crippen LogP contribution in [-0.4, -0.2) is 0 Å². The monoisotopic (exact) mass is 370 g/mol. The van der Waals surface area contributed by atoms with Gasteiger partial charge in [-0.25, -0.2) is 3.63 Å². The van der Waals surface area contributed by atoms with E-state index in [1.807, 2.05) is 12.1 Å². The molecule has 0 saturated heterocycles. The molecule has 0 aliphatic heterocycles. The van der Waals surface area contributed by atoms with Crippen molar-refractivity contribution in [3.05, 3.63) is 56.5 Å². The first-order valence-corrected chi connectivity index (χ1v) is 7.98. The SMILES string of the molecule is Clc1cccc(SOSc2cccc(Cl)c2Cl)c1Cl. The maximum Gasteiger partial charge on any atom is 0.0751 e. The zero-order chi connectivity index (χ0) is 13.8. The van der Waals surface area contributed by atoms with E-state index in [4.69, 9.17) is 50.0 Å². The minimum atomic E-state index is 0.465. The minimum absolute atomic E-state index is 0.465. The summed E-state index contributed by atoms with van der Waals surface area (Å²) in [5.41, 5.74) is 0. The zero-order valence-corrected chi connectivity index (χ0v) is 13.9.